The average molecular weight is 231 g/mol. The van der Waals surface area contributed by atoms with E-state index in [2.05, 4.69) is 20.9 Å². The van der Waals surface area contributed by atoms with Crippen molar-refractivity contribution >= 4 is 15.9 Å². The van der Waals surface area contributed by atoms with Crippen molar-refractivity contribution in [3.63, 3.8) is 0 Å². The second-order valence-corrected chi connectivity index (χ2v) is 4.00. The number of nitrogens with zero attached hydrogens (tertiary/aromatic N) is 1. The monoisotopic (exact) mass is 230 g/mol. The molecule has 2 N–H and O–H groups in total. The van der Waals surface area contributed by atoms with E-state index in [1.165, 1.54) is 12.3 Å². The Morgan fingerprint density at radius 1 is 1.58 bits per heavy atom. The van der Waals surface area contributed by atoms with Crippen LogP contribution in [0.15, 0.2) is 16.7 Å². The molecule has 64 valence electrons. The molecule has 1 aromatic heterocycles. The predicted molar refractivity (Wildman–Crippen MR) is 47.0 cm³/mol. The Hall–Kier alpha value is -0.480. The van der Waals surface area contributed by atoms with Crippen molar-refractivity contribution in [1.82, 2.24) is 4.98 Å². The molecule has 1 aliphatic rings. The normalized spacial score (nSPS) is 19.2. The summed E-state index contributed by atoms with van der Waals surface area (Å²) in [7, 11) is 0. The molecule has 2 nitrogen and oxygen atoms in total. The van der Waals surface area contributed by atoms with Gasteiger partial charge in [-0.1, -0.05) is 0 Å². The van der Waals surface area contributed by atoms with E-state index in [4.69, 9.17) is 5.73 Å². The van der Waals surface area contributed by atoms with Gasteiger partial charge in [-0.15, -0.1) is 0 Å². The number of rotatable bonds is 1. The Balaban J connectivity index is 2.48. The maximum atomic E-state index is 12.7. The summed E-state index contributed by atoms with van der Waals surface area (Å²) in [6.07, 6.45) is 3.31. The topological polar surface area (TPSA) is 38.9 Å². The summed E-state index contributed by atoms with van der Waals surface area (Å²) in [5.74, 6) is -0.468. The molecular weight excluding hydrogens is 223 g/mol. The first-order valence-electron chi connectivity index (χ1n) is 3.72. The van der Waals surface area contributed by atoms with Gasteiger partial charge in [0.15, 0.2) is 0 Å². The van der Waals surface area contributed by atoms with E-state index in [9.17, 15) is 4.39 Å². The van der Waals surface area contributed by atoms with Crippen LogP contribution >= 0.6 is 15.9 Å². The third kappa shape index (κ3) is 1.25. The minimum Gasteiger partial charge on any atom is -0.321 e. The highest BCUT2D eigenvalue weighted by atomic mass is 79.9. The zero-order valence-corrected chi connectivity index (χ0v) is 7.94. The molecule has 0 saturated heterocycles. The van der Waals surface area contributed by atoms with Crippen LogP contribution in [0.1, 0.15) is 18.4 Å². The Morgan fingerprint density at radius 3 is 2.83 bits per heavy atom. The summed E-state index contributed by atoms with van der Waals surface area (Å²) < 4.78 is 13.5. The quantitative estimate of drug-likeness (QED) is 0.750. The van der Waals surface area contributed by atoms with E-state index >= 15 is 0 Å². The standard InChI is InChI=1S/C8H8BrFN2/c9-6-4-12-7(10)3-5(6)8(11)1-2-8/h3-4H,1-2,11H2. The van der Waals surface area contributed by atoms with Gasteiger partial charge in [0.25, 0.3) is 0 Å². The lowest BCUT2D eigenvalue weighted by Gasteiger charge is -2.10. The maximum absolute atomic E-state index is 12.7. The highest BCUT2D eigenvalue weighted by Crippen LogP contribution is 2.45. The Kier molecular flexibility index (Phi) is 1.70. The molecule has 0 unspecified atom stereocenters. The lowest BCUT2D eigenvalue weighted by molar-refractivity contribution is 0.574. The van der Waals surface area contributed by atoms with E-state index < -0.39 is 5.95 Å². The molecule has 1 saturated carbocycles. The second kappa shape index (κ2) is 2.50. The zero-order chi connectivity index (χ0) is 8.77. The molecule has 0 aromatic carbocycles. The number of aromatic nitrogens is 1. The summed E-state index contributed by atoms with van der Waals surface area (Å²) in [5, 5.41) is 0. The molecule has 1 aromatic rings. The van der Waals surface area contributed by atoms with Crippen molar-refractivity contribution in [3.05, 3.63) is 28.2 Å². The van der Waals surface area contributed by atoms with Gasteiger partial charge in [-0.2, -0.15) is 4.39 Å². The van der Waals surface area contributed by atoms with Crippen molar-refractivity contribution < 1.29 is 4.39 Å². The molecule has 0 spiro atoms. The molecular formula is C8H8BrFN2. The summed E-state index contributed by atoms with van der Waals surface area (Å²) in [4.78, 5) is 3.51. The molecule has 0 aliphatic heterocycles. The third-order valence-electron chi connectivity index (χ3n) is 2.15. The fourth-order valence-corrected chi connectivity index (χ4v) is 1.81. The van der Waals surface area contributed by atoms with Crippen LogP contribution in [0.5, 0.6) is 0 Å². The first-order chi connectivity index (χ1) is 5.62. The maximum Gasteiger partial charge on any atom is 0.213 e. The van der Waals surface area contributed by atoms with Gasteiger partial charge in [-0.05, 0) is 40.4 Å². The van der Waals surface area contributed by atoms with E-state index in [0.29, 0.717) is 0 Å². The summed E-state index contributed by atoms with van der Waals surface area (Å²) >= 11 is 3.30. The Bertz CT molecular complexity index is 323. The van der Waals surface area contributed by atoms with E-state index in [-0.39, 0.29) is 5.54 Å². The minimum atomic E-state index is -0.468. The van der Waals surface area contributed by atoms with Gasteiger partial charge in [0.2, 0.25) is 5.95 Å². The highest BCUT2D eigenvalue weighted by molar-refractivity contribution is 9.10. The summed E-state index contributed by atoms with van der Waals surface area (Å²) in [5.41, 5.74) is 6.44. The lowest BCUT2D eigenvalue weighted by atomic mass is 10.1. The van der Waals surface area contributed by atoms with Crippen LogP contribution in [0, 0.1) is 5.95 Å². The number of halogens is 2. The van der Waals surface area contributed by atoms with Crippen LogP contribution in [-0.4, -0.2) is 4.98 Å². The van der Waals surface area contributed by atoms with E-state index in [0.717, 1.165) is 22.9 Å². The SMILES string of the molecule is NC1(c2cc(F)ncc2Br)CC1. The van der Waals surface area contributed by atoms with E-state index in [1.807, 2.05) is 0 Å². The predicted octanol–water partition coefficient (Wildman–Crippen LogP) is 1.93. The van der Waals surface area contributed by atoms with Crippen molar-refractivity contribution in [3.8, 4) is 0 Å². The minimum absolute atomic E-state index is 0.303. The molecule has 1 fully saturated rings. The van der Waals surface area contributed by atoms with Crippen LogP contribution in [0.3, 0.4) is 0 Å². The average Bonchev–Trinajstić information content (AvgIpc) is 2.75. The van der Waals surface area contributed by atoms with Crippen LogP contribution in [0.4, 0.5) is 4.39 Å². The molecule has 0 atom stereocenters. The fourth-order valence-electron chi connectivity index (χ4n) is 1.20. The van der Waals surface area contributed by atoms with Gasteiger partial charge in [0.05, 0.1) is 0 Å². The molecule has 0 amide bonds. The third-order valence-corrected chi connectivity index (χ3v) is 2.78. The van der Waals surface area contributed by atoms with Gasteiger partial charge < -0.3 is 5.73 Å². The lowest BCUT2D eigenvalue weighted by Crippen LogP contribution is -2.19. The van der Waals surface area contributed by atoms with E-state index in [1.54, 1.807) is 0 Å². The van der Waals surface area contributed by atoms with Gasteiger partial charge >= 0.3 is 0 Å². The summed E-state index contributed by atoms with van der Waals surface area (Å²) in [6.45, 7) is 0. The van der Waals surface area contributed by atoms with Gasteiger partial charge in [0.1, 0.15) is 0 Å². The number of pyridine rings is 1. The Morgan fingerprint density at radius 2 is 2.25 bits per heavy atom. The van der Waals surface area contributed by atoms with Gasteiger partial charge in [0, 0.05) is 16.2 Å². The molecule has 0 bridgehead atoms. The van der Waals surface area contributed by atoms with Crippen LogP contribution in [0.2, 0.25) is 0 Å². The fraction of sp³-hybridized carbons (Fsp3) is 0.375. The van der Waals surface area contributed by atoms with Crippen LogP contribution in [-0.2, 0) is 5.54 Å². The largest absolute Gasteiger partial charge is 0.321 e. The molecule has 4 heteroatoms. The van der Waals surface area contributed by atoms with Gasteiger partial charge in [-0.3, -0.25) is 0 Å². The Labute approximate surface area is 78.1 Å². The van der Waals surface area contributed by atoms with Crippen molar-refractivity contribution in [2.75, 3.05) is 0 Å². The number of hydrogen-bond donors (Lipinski definition) is 1. The van der Waals surface area contributed by atoms with Crippen molar-refractivity contribution in [2.45, 2.75) is 18.4 Å². The molecule has 1 heterocycles. The molecule has 12 heavy (non-hydrogen) atoms. The number of nitrogens with two attached hydrogens (primary N) is 1. The first-order valence-corrected chi connectivity index (χ1v) is 4.51. The molecule has 2 rings (SSSR count). The highest BCUT2D eigenvalue weighted by Gasteiger charge is 2.41. The molecule has 0 radical (unpaired) electrons. The van der Waals surface area contributed by atoms with Crippen molar-refractivity contribution in [1.29, 1.82) is 0 Å². The first kappa shape index (κ1) is 8.13. The second-order valence-electron chi connectivity index (χ2n) is 3.14. The zero-order valence-electron chi connectivity index (χ0n) is 6.35. The molecule has 1 aliphatic carbocycles. The summed E-state index contributed by atoms with van der Waals surface area (Å²) in [6, 6.07) is 1.40. The van der Waals surface area contributed by atoms with Crippen LogP contribution < -0.4 is 5.73 Å². The van der Waals surface area contributed by atoms with Crippen molar-refractivity contribution in [2.24, 2.45) is 5.73 Å². The smallest absolute Gasteiger partial charge is 0.213 e. The number of hydrogen-bond acceptors (Lipinski definition) is 2. The van der Waals surface area contributed by atoms with Gasteiger partial charge in [-0.25, -0.2) is 4.98 Å². The van der Waals surface area contributed by atoms with Crippen LogP contribution in [0.25, 0.3) is 0 Å².